The SMILES string of the molecule is CCNCc1ccc(N(CC)c2ccccc2F)nn1. The van der Waals surface area contributed by atoms with Crippen molar-refractivity contribution in [1.29, 1.82) is 0 Å². The van der Waals surface area contributed by atoms with Crippen LogP contribution in [0.1, 0.15) is 19.5 Å². The minimum absolute atomic E-state index is 0.257. The number of aromatic nitrogens is 2. The zero-order valence-corrected chi connectivity index (χ0v) is 11.8. The highest BCUT2D eigenvalue weighted by Crippen LogP contribution is 2.25. The van der Waals surface area contributed by atoms with Crippen molar-refractivity contribution in [3.63, 3.8) is 0 Å². The molecule has 0 aliphatic rings. The second kappa shape index (κ2) is 6.96. The number of hydrogen-bond acceptors (Lipinski definition) is 4. The van der Waals surface area contributed by atoms with Crippen LogP contribution in [0.25, 0.3) is 0 Å². The summed E-state index contributed by atoms with van der Waals surface area (Å²) < 4.78 is 13.9. The molecule has 0 amide bonds. The molecule has 0 atom stereocenters. The van der Waals surface area contributed by atoms with Gasteiger partial charge < -0.3 is 10.2 Å². The number of halogens is 1. The highest BCUT2D eigenvalue weighted by atomic mass is 19.1. The maximum atomic E-state index is 13.9. The Morgan fingerprint density at radius 3 is 2.50 bits per heavy atom. The molecule has 4 nitrogen and oxygen atoms in total. The second-order valence-electron chi connectivity index (χ2n) is 4.36. The lowest BCUT2D eigenvalue weighted by atomic mass is 10.2. The predicted molar refractivity (Wildman–Crippen MR) is 78.5 cm³/mol. The van der Waals surface area contributed by atoms with Crippen LogP contribution >= 0.6 is 0 Å². The van der Waals surface area contributed by atoms with Gasteiger partial charge in [-0.1, -0.05) is 19.1 Å². The van der Waals surface area contributed by atoms with E-state index in [4.69, 9.17) is 0 Å². The van der Waals surface area contributed by atoms with Crippen LogP contribution in [0.2, 0.25) is 0 Å². The van der Waals surface area contributed by atoms with Crippen LogP contribution in [-0.4, -0.2) is 23.3 Å². The number of nitrogens with zero attached hydrogens (tertiary/aromatic N) is 3. The molecule has 0 saturated carbocycles. The summed E-state index contributed by atoms with van der Waals surface area (Å²) in [7, 11) is 0. The predicted octanol–water partition coefficient (Wildman–Crippen LogP) is 2.88. The van der Waals surface area contributed by atoms with Gasteiger partial charge in [0.1, 0.15) is 5.82 Å². The van der Waals surface area contributed by atoms with Crippen LogP contribution in [0.5, 0.6) is 0 Å². The van der Waals surface area contributed by atoms with Crippen molar-refractivity contribution in [3.8, 4) is 0 Å². The topological polar surface area (TPSA) is 41.0 Å². The van der Waals surface area contributed by atoms with Crippen LogP contribution in [0.15, 0.2) is 36.4 Å². The fourth-order valence-electron chi connectivity index (χ4n) is 1.97. The van der Waals surface area contributed by atoms with Gasteiger partial charge in [0.05, 0.1) is 11.4 Å². The molecular formula is C15H19FN4. The van der Waals surface area contributed by atoms with E-state index in [0.717, 1.165) is 12.2 Å². The smallest absolute Gasteiger partial charge is 0.155 e. The molecule has 20 heavy (non-hydrogen) atoms. The van der Waals surface area contributed by atoms with E-state index in [0.29, 0.717) is 24.6 Å². The largest absolute Gasteiger partial charge is 0.323 e. The van der Waals surface area contributed by atoms with E-state index in [1.807, 2.05) is 32.0 Å². The normalized spacial score (nSPS) is 10.6. The summed E-state index contributed by atoms with van der Waals surface area (Å²) in [5, 5.41) is 11.5. The van der Waals surface area contributed by atoms with Gasteiger partial charge in [0.25, 0.3) is 0 Å². The van der Waals surface area contributed by atoms with Crippen molar-refractivity contribution in [2.45, 2.75) is 20.4 Å². The van der Waals surface area contributed by atoms with Crippen molar-refractivity contribution in [2.75, 3.05) is 18.0 Å². The van der Waals surface area contributed by atoms with E-state index in [1.54, 1.807) is 17.0 Å². The van der Waals surface area contributed by atoms with E-state index in [-0.39, 0.29) is 5.82 Å². The zero-order chi connectivity index (χ0) is 14.4. The summed E-state index contributed by atoms with van der Waals surface area (Å²) >= 11 is 0. The van der Waals surface area contributed by atoms with Gasteiger partial charge >= 0.3 is 0 Å². The summed E-state index contributed by atoms with van der Waals surface area (Å²) in [6.07, 6.45) is 0. The van der Waals surface area contributed by atoms with E-state index in [9.17, 15) is 4.39 Å². The third-order valence-electron chi connectivity index (χ3n) is 3.00. The first-order valence-electron chi connectivity index (χ1n) is 6.81. The van der Waals surface area contributed by atoms with Crippen LogP contribution in [0.4, 0.5) is 15.9 Å². The molecule has 0 aliphatic heterocycles. The van der Waals surface area contributed by atoms with Gasteiger partial charge in [0.15, 0.2) is 5.82 Å². The molecule has 2 rings (SSSR count). The quantitative estimate of drug-likeness (QED) is 0.879. The molecule has 2 aromatic rings. The lowest BCUT2D eigenvalue weighted by Crippen LogP contribution is -2.20. The fraction of sp³-hybridized carbons (Fsp3) is 0.333. The Kier molecular flexibility index (Phi) is 5.01. The Hall–Kier alpha value is -2.01. The van der Waals surface area contributed by atoms with Crippen LogP contribution in [0.3, 0.4) is 0 Å². The number of rotatable bonds is 6. The molecule has 106 valence electrons. The molecule has 1 aromatic carbocycles. The minimum atomic E-state index is -0.257. The molecule has 5 heteroatoms. The number of nitrogens with one attached hydrogen (secondary N) is 1. The number of benzene rings is 1. The lowest BCUT2D eigenvalue weighted by molar-refractivity contribution is 0.624. The van der Waals surface area contributed by atoms with Gasteiger partial charge in [-0.3, -0.25) is 0 Å². The molecule has 1 aromatic heterocycles. The minimum Gasteiger partial charge on any atom is -0.323 e. The molecule has 1 N–H and O–H groups in total. The molecule has 0 aliphatic carbocycles. The van der Waals surface area contributed by atoms with Gasteiger partial charge in [-0.05, 0) is 37.7 Å². The first-order chi connectivity index (χ1) is 9.76. The first kappa shape index (κ1) is 14.4. The van der Waals surface area contributed by atoms with E-state index in [2.05, 4.69) is 15.5 Å². The number of hydrogen-bond donors (Lipinski definition) is 1. The average Bonchev–Trinajstić information content (AvgIpc) is 2.49. The van der Waals surface area contributed by atoms with E-state index >= 15 is 0 Å². The Morgan fingerprint density at radius 1 is 1.10 bits per heavy atom. The van der Waals surface area contributed by atoms with Crippen LogP contribution in [0, 0.1) is 5.82 Å². The molecule has 0 saturated heterocycles. The highest BCUT2D eigenvalue weighted by molar-refractivity contribution is 5.59. The van der Waals surface area contributed by atoms with Gasteiger partial charge in [0, 0.05) is 13.1 Å². The van der Waals surface area contributed by atoms with Crippen LogP contribution in [-0.2, 0) is 6.54 Å². The molecule has 0 bridgehead atoms. The molecule has 0 unspecified atom stereocenters. The van der Waals surface area contributed by atoms with Crippen molar-refractivity contribution in [1.82, 2.24) is 15.5 Å². The third kappa shape index (κ3) is 3.30. The summed E-state index contributed by atoms with van der Waals surface area (Å²) in [5.74, 6) is 0.394. The van der Waals surface area contributed by atoms with Crippen molar-refractivity contribution < 1.29 is 4.39 Å². The van der Waals surface area contributed by atoms with Crippen molar-refractivity contribution >= 4 is 11.5 Å². The average molecular weight is 274 g/mol. The molecular weight excluding hydrogens is 255 g/mol. The molecule has 0 spiro atoms. The monoisotopic (exact) mass is 274 g/mol. The Labute approximate surface area is 118 Å². The van der Waals surface area contributed by atoms with Crippen LogP contribution < -0.4 is 10.2 Å². The van der Waals surface area contributed by atoms with Gasteiger partial charge in [0.2, 0.25) is 0 Å². The lowest BCUT2D eigenvalue weighted by Gasteiger charge is -2.22. The van der Waals surface area contributed by atoms with Gasteiger partial charge in [-0.2, -0.15) is 5.10 Å². The Bertz CT molecular complexity index is 542. The fourth-order valence-corrected chi connectivity index (χ4v) is 1.97. The second-order valence-corrected chi connectivity index (χ2v) is 4.36. The molecule has 0 fully saturated rings. The first-order valence-corrected chi connectivity index (χ1v) is 6.81. The van der Waals surface area contributed by atoms with Gasteiger partial charge in [-0.15, -0.1) is 5.10 Å². The number of anilines is 2. The zero-order valence-electron chi connectivity index (χ0n) is 11.8. The Balaban J connectivity index is 2.22. The standard InChI is InChI=1S/C15H19FN4/c1-3-17-11-12-9-10-15(19-18-12)20(4-2)14-8-6-5-7-13(14)16/h5-10,17H,3-4,11H2,1-2H3. The van der Waals surface area contributed by atoms with E-state index in [1.165, 1.54) is 6.07 Å². The van der Waals surface area contributed by atoms with Crippen molar-refractivity contribution in [3.05, 3.63) is 47.9 Å². The summed E-state index contributed by atoms with van der Waals surface area (Å²) in [5.41, 5.74) is 1.39. The van der Waals surface area contributed by atoms with Crippen molar-refractivity contribution in [2.24, 2.45) is 0 Å². The van der Waals surface area contributed by atoms with Gasteiger partial charge in [-0.25, -0.2) is 4.39 Å². The maximum Gasteiger partial charge on any atom is 0.155 e. The summed E-state index contributed by atoms with van der Waals surface area (Å²) in [6.45, 7) is 6.21. The Morgan fingerprint density at radius 2 is 1.90 bits per heavy atom. The molecule has 0 radical (unpaired) electrons. The number of para-hydroxylation sites is 1. The van der Waals surface area contributed by atoms with E-state index < -0.39 is 0 Å². The maximum absolute atomic E-state index is 13.9. The molecule has 1 heterocycles. The summed E-state index contributed by atoms with van der Waals surface area (Å²) in [6, 6.07) is 10.5. The summed E-state index contributed by atoms with van der Waals surface area (Å²) in [4.78, 5) is 1.80. The highest BCUT2D eigenvalue weighted by Gasteiger charge is 2.13. The third-order valence-corrected chi connectivity index (χ3v) is 3.00.